The van der Waals surface area contributed by atoms with Crippen LogP contribution in [0.2, 0.25) is 0 Å². The number of rotatable bonds is 4. The van der Waals surface area contributed by atoms with Crippen molar-refractivity contribution < 1.29 is 4.79 Å². The number of thioether (sulfide) groups is 1. The summed E-state index contributed by atoms with van der Waals surface area (Å²) in [5.74, 6) is 1.12. The van der Waals surface area contributed by atoms with Gasteiger partial charge in [-0.15, -0.1) is 0 Å². The molecule has 0 spiro atoms. The molecule has 1 fully saturated rings. The number of amides is 1. The maximum Gasteiger partial charge on any atom is 0.251 e. The van der Waals surface area contributed by atoms with Crippen LogP contribution in [0, 0.1) is 6.92 Å². The molecule has 1 aromatic carbocycles. The Kier molecular flexibility index (Phi) is 4.75. The van der Waals surface area contributed by atoms with Crippen LogP contribution in [-0.2, 0) is 0 Å². The molecule has 0 heterocycles. The number of benzene rings is 1. The third kappa shape index (κ3) is 3.44. The lowest BCUT2D eigenvalue weighted by atomic mass is 10.1. The van der Waals surface area contributed by atoms with Gasteiger partial charge in [0.1, 0.15) is 0 Å². The van der Waals surface area contributed by atoms with Crippen molar-refractivity contribution >= 4 is 23.4 Å². The molecule has 0 aliphatic heterocycles. The van der Waals surface area contributed by atoms with Gasteiger partial charge in [-0.3, -0.25) is 4.79 Å². The maximum absolute atomic E-state index is 12.3. The van der Waals surface area contributed by atoms with Gasteiger partial charge in [0.2, 0.25) is 0 Å². The SMILES string of the molecule is CCSC1CCCC1NC(=O)c1cc(N)ccc1C. The zero-order valence-electron chi connectivity index (χ0n) is 11.6. The van der Waals surface area contributed by atoms with Gasteiger partial charge in [-0.1, -0.05) is 19.4 Å². The van der Waals surface area contributed by atoms with Crippen LogP contribution in [0.15, 0.2) is 18.2 Å². The first-order valence-corrected chi connectivity index (χ1v) is 7.95. The van der Waals surface area contributed by atoms with Crippen LogP contribution in [0.25, 0.3) is 0 Å². The second kappa shape index (κ2) is 6.33. The minimum Gasteiger partial charge on any atom is -0.399 e. The van der Waals surface area contributed by atoms with Crippen molar-refractivity contribution in [2.45, 2.75) is 44.4 Å². The molecule has 3 nitrogen and oxygen atoms in total. The van der Waals surface area contributed by atoms with Crippen LogP contribution in [0.1, 0.15) is 42.1 Å². The smallest absolute Gasteiger partial charge is 0.251 e. The topological polar surface area (TPSA) is 55.1 Å². The Bertz CT molecular complexity index is 461. The molecule has 1 amide bonds. The van der Waals surface area contributed by atoms with Gasteiger partial charge in [0.25, 0.3) is 5.91 Å². The lowest BCUT2D eigenvalue weighted by Crippen LogP contribution is -2.39. The molecule has 0 saturated heterocycles. The Morgan fingerprint density at radius 3 is 3.00 bits per heavy atom. The first-order chi connectivity index (χ1) is 9.11. The highest BCUT2D eigenvalue weighted by atomic mass is 32.2. The van der Waals surface area contributed by atoms with E-state index in [1.807, 2.05) is 30.8 Å². The minimum absolute atomic E-state index is 0.0124. The Labute approximate surface area is 119 Å². The van der Waals surface area contributed by atoms with Crippen molar-refractivity contribution in [3.8, 4) is 0 Å². The first-order valence-electron chi connectivity index (χ1n) is 6.90. The van der Waals surface area contributed by atoms with E-state index in [-0.39, 0.29) is 5.91 Å². The van der Waals surface area contributed by atoms with Gasteiger partial charge in [0.05, 0.1) is 0 Å². The highest BCUT2D eigenvalue weighted by Gasteiger charge is 2.28. The molecule has 2 atom stereocenters. The van der Waals surface area contributed by atoms with Crippen LogP contribution in [0.5, 0.6) is 0 Å². The van der Waals surface area contributed by atoms with Crippen LogP contribution >= 0.6 is 11.8 Å². The van der Waals surface area contributed by atoms with Gasteiger partial charge in [0, 0.05) is 22.5 Å². The van der Waals surface area contributed by atoms with Crippen molar-refractivity contribution in [3.05, 3.63) is 29.3 Å². The second-order valence-corrected chi connectivity index (χ2v) is 6.60. The van der Waals surface area contributed by atoms with Gasteiger partial charge >= 0.3 is 0 Å². The summed E-state index contributed by atoms with van der Waals surface area (Å²) in [6.45, 7) is 4.12. The second-order valence-electron chi connectivity index (χ2n) is 5.08. The molecule has 1 aliphatic carbocycles. The molecular weight excluding hydrogens is 256 g/mol. The van der Waals surface area contributed by atoms with E-state index in [9.17, 15) is 4.79 Å². The van der Waals surface area contributed by atoms with Crippen molar-refractivity contribution in [2.75, 3.05) is 11.5 Å². The number of nitrogens with two attached hydrogens (primary N) is 1. The van der Waals surface area contributed by atoms with E-state index in [1.165, 1.54) is 12.8 Å². The van der Waals surface area contributed by atoms with Gasteiger partial charge in [-0.2, -0.15) is 11.8 Å². The third-order valence-electron chi connectivity index (χ3n) is 3.66. The molecule has 1 saturated carbocycles. The van der Waals surface area contributed by atoms with Gasteiger partial charge in [-0.05, 0) is 43.2 Å². The molecule has 2 unspecified atom stereocenters. The van der Waals surface area contributed by atoms with E-state index in [4.69, 9.17) is 5.73 Å². The largest absolute Gasteiger partial charge is 0.399 e. The van der Waals surface area contributed by atoms with Gasteiger partial charge in [-0.25, -0.2) is 0 Å². The minimum atomic E-state index is 0.0124. The molecule has 1 aliphatic rings. The number of carbonyl (C=O) groups is 1. The average molecular weight is 278 g/mol. The fraction of sp³-hybridized carbons (Fsp3) is 0.533. The number of aryl methyl sites for hydroxylation is 1. The molecule has 0 bridgehead atoms. The van der Waals surface area contributed by atoms with Crippen LogP contribution < -0.4 is 11.1 Å². The predicted molar refractivity (Wildman–Crippen MR) is 82.6 cm³/mol. The first kappa shape index (κ1) is 14.3. The van der Waals surface area contributed by atoms with E-state index in [0.717, 1.165) is 17.7 Å². The van der Waals surface area contributed by atoms with E-state index < -0.39 is 0 Å². The van der Waals surface area contributed by atoms with E-state index >= 15 is 0 Å². The molecular formula is C15H22N2OS. The third-order valence-corrected chi connectivity index (χ3v) is 4.98. The highest BCUT2D eigenvalue weighted by molar-refractivity contribution is 7.99. The fourth-order valence-corrected chi connectivity index (χ4v) is 3.83. The summed E-state index contributed by atoms with van der Waals surface area (Å²) >= 11 is 1.95. The summed E-state index contributed by atoms with van der Waals surface area (Å²) in [6, 6.07) is 5.80. The normalized spacial score (nSPS) is 22.4. The van der Waals surface area contributed by atoms with Gasteiger partial charge in [0.15, 0.2) is 0 Å². The number of nitrogen functional groups attached to an aromatic ring is 1. The Morgan fingerprint density at radius 1 is 1.47 bits per heavy atom. The lowest BCUT2D eigenvalue weighted by molar-refractivity contribution is 0.0938. The number of hydrogen-bond acceptors (Lipinski definition) is 3. The highest BCUT2D eigenvalue weighted by Crippen LogP contribution is 2.30. The van der Waals surface area contributed by atoms with Crippen LogP contribution in [0.4, 0.5) is 5.69 Å². The summed E-state index contributed by atoms with van der Waals surface area (Å²) in [6.07, 6.45) is 3.50. The summed E-state index contributed by atoms with van der Waals surface area (Å²) in [5, 5.41) is 3.75. The molecule has 0 aromatic heterocycles. The molecule has 19 heavy (non-hydrogen) atoms. The monoisotopic (exact) mass is 278 g/mol. The maximum atomic E-state index is 12.3. The number of hydrogen-bond donors (Lipinski definition) is 2. The average Bonchev–Trinajstić information content (AvgIpc) is 2.80. The van der Waals surface area contributed by atoms with Crippen molar-refractivity contribution in [1.29, 1.82) is 0 Å². The van der Waals surface area contributed by atoms with E-state index in [1.54, 1.807) is 6.07 Å². The van der Waals surface area contributed by atoms with Crippen molar-refractivity contribution in [2.24, 2.45) is 0 Å². The number of anilines is 1. The summed E-state index contributed by atoms with van der Waals surface area (Å²) in [4.78, 5) is 12.3. The zero-order chi connectivity index (χ0) is 13.8. The zero-order valence-corrected chi connectivity index (χ0v) is 12.4. The number of nitrogens with one attached hydrogen (secondary N) is 1. The summed E-state index contributed by atoms with van der Waals surface area (Å²) < 4.78 is 0. The summed E-state index contributed by atoms with van der Waals surface area (Å²) in [7, 11) is 0. The molecule has 1 aromatic rings. The predicted octanol–water partition coefficient (Wildman–Crippen LogP) is 2.98. The van der Waals surface area contributed by atoms with Crippen LogP contribution in [0.3, 0.4) is 0 Å². The van der Waals surface area contributed by atoms with Crippen molar-refractivity contribution in [1.82, 2.24) is 5.32 Å². The molecule has 4 heteroatoms. The Morgan fingerprint density at radius 2 is 2.26 bits per heavy atom. The van der Waals surface area contributed by atoms with Gasteiger partial charge < -0.3 is 11.1 Å². The molecule has 104 valence electrons. The molecule has 2 rings (SSSR count). The molecule has 0 radical (unpaired) electrons. The lowest BCUT2D eigenvalue weighted by Gasteiger charge is -2.20. The fourth-order valence-electron chi connectivity index (χ4n) is 2.64. The van der Waals surface area contributed by atoms with E-state index in [2.05, 4.69) is 12.2 Å². The van der Waals surface area contributed by atoms with Crippen molar-refractivity contribution in [3.63, 3.8) is 0 Å². The molecule has 3 N–H and O–H groups in total. The Hall–Kier alpha value is -1.16. The quantitative estimate of drug-likeness (QED) is 0.833. The number of carbonyl (C=O) groups excluding carboxylic acids is 1. The Balaban J connectivity index is 2.06. The standard InChI is InChI=1S/C15H22N2OS/c1-3-19-14-6-4-5-13(14)17-15(18)12-9-11(16)8-7-10(12)2/h7-9,13-14H,3-6,16H2,1-2H3,(H,17,18). The van der Waals surface area contributed by atoms with E-state index in [0.29, 0.717) is 22.5 Å². The van der Waals surface area contributed by atoms with Crippen LogP contribution in [-0.4, -0.2) is 23.0 Å². The summed E-state index contributed by atoms with van der Waals surface area (Å²) in [5.41, 5.74) is 8.08.